The van der Waals surface area contributed by atoms with Crippen LogP contribution in [0.5, 0.6) is 0 Å². The molecule has 19 heavy (non-hydrogen) atoms. The smallest absolute Gasteiger partial charge is 0.135 e. The van der Waals surface area contributed by atoms with Crippen LogP contribution in [0.1, 0.15) is 18.0 Å². The van der Waals surface area contributed by atoms with Crippen molar-refractivity contribution in [3.8, 4) is 0 Å². The normalized spacial score (nSPS) is 24.4. The quantitative estimate of drug-likeness (QED) is 0.922. The fourth-order valence-corrected chi connectivity index (χ4v) is 3.67. The van der Waals surface area contributed by atoms with Crippen LogP contribution >= 0.6 is 15.9 Å². The molecule has 2 unspecified atom stereocenters. The maximum atomic E-state index is 5.81. The molecule has 1 aromatic heterocycles. The second kappa shape index (κ2) is 4.89. The minimum absolute atomic E-state index is 0.477. The first kappa shape index (κ1) is 13.1. The molecule has 1 aliphatic heterocycles. The Morgan fingerprint density at radius 3 is 2.89 bits per heavy atom. The Balaban J connectivity index is 1.99. The monoisotopic (exact) mass is 322 g/mol. The average Bonchev–Trinajstić information content (AvgIpc) is 2.91. The molecule has 4 nitrogen and oxygen atoms in total. The first-order valence-electron chi connectivity index (χ1n) is 6.62. The second-order valence-electron chi connectivity index (χ2n) is 5.48. The van der Waals surface area contributed by atoms with E-state index >= 15 is 0 Å². The number of rotatable bonds is 2. The molecule has 2 N–H and O–H groups in total. The summed E-state index contributed by atoms with van der Waals surface area (Å²) < 4.78 is 2.83. The van der Waals surface area contributed by atoms with E-state index in [-0.39, 0.29) is 0 Å². The van der Waals surface area contributed by atoms with Crippen molar-refractivity contribution < 1.29 is 0 Å². The molecular formula is C14H19BrN4. The van der Waals surface area contributed by atoms with Crippen LogP contribution in [-0.4, -0.2) is 34.8 Å². The van der Waals surface area contributed by atoms with Gasteiger partial charge in [-0.05, 0) is 59.6 Å². The van der Waals surface area contributed by atoms with Gasteiger partial charge in [0.25, 0.3) is 0 Å². The Morgan fingerprint density at radius 1 is 1.42 bits per heavy atom. The molecule has 1 aromatic carbocycles. The zero-order chi connectivity index (χ0) is 13.6. The zero-order valence-corrected chi connectivity index (χ0v) is 12.9. The van der Waals surface area contributed by atoms with E-state index in [0.29, 0.717) is 12.0 Å². The number of likely N-dealkylation sites (tertiary alicyclic amines) is 1. The lowest BCUT2D eigenvalue weighted by atomic mass is 9.99. The Hall–Kier alpha value is -0.910. The van der Waals surface area contributed by atoms with Gasteiger partial charge in [0.15, 0.2) is 0 Å². The highest BCUT2D eigenvalue weighted by Crippen LogP contribution is 2.35. The Bertz CT molecular complexity index is 607. The van der Waals surface area contributed by atoms with Crippen LogP contribution in [0.25, 0.3) is 10.9 Å². The van der Waals surface area contributed by atoms with Crippen molar-refractivity contribution in [1.82, 2.24) is 14.7 Å². The highest BCUT2D eigenvalue weighted by Gasteiger charge is 2.29. The standard InChI is InChI=1S/C14H19BrN4/c1-18-8-9(7-16)5-13(18)10-3-4-12-11(6-10)14(15)17-19(12)2/h3-4,6,9,13H,5,7-8,16H2,1-2H3. The summed E-state index contributed by atoms with van der Waals surface area (Å²) in [7, 11) is 4.15. The molecule has 3 rings (SSSR count). The second-order valence-corrected chi connectivity index (χ2v) is 6.23. The first-order valence-corrected chi connectivity index (χ1v) is 7.42. The SMILES string of the molecule is CN1CC(CN)CC1c1ccc2c(c1)c(Br)nn2C. The van der Waals surface area contributed by atoms with Gasteiger partial charge in [-0.3, -0.25) is 9.58 Å². The van der Waals surface area contributed by atoms with Crippen molar-refractivity contribution in [3.05, 3.63) is 28.4 Å². The summed E-state index contributed by atoms with van der Waals surface area (Å²) in [5, 5.41) is 5.59. The number of hydrogen-bond donors (Lipinski definition) is 1. The summed E-state index contributed by atoms with van der Waals surface area (Å²) in [5.74, 6) is 0.614. The molecule has 2 aromatic rings. The van der Waals surface area contributed by atoms with Gasteiger partial charge in [0.05, 0.1) is 5.52 Å². The molecular weight excluding hydrogens is 304 g/mol. The van der Waals surface area contributed by atoms with Crippen molar-refractivity contribution in [2.75, 3.05) is 20.1 Å². The van der Waals surface area contributed by atoms with Crippen LogP contribution in [0.3, 0.4) is 0 Å². The lowest BCUT2D eigenvalue weighted by Crippen LogP contribution is -2.20. The van der Waals surface area contributed by atoms with E-state index in [4.69, 9.17) is 5.73 Å². The van der Waals surface area contributed by atoms with Crippen molar-refractivity contribution >= 4 is 26.8 Å². The molecule has 0 aliphatic carbocycles. The molecule has 0 bridgehead atoms. The fourth-order valence-electron chi connectivity index (χ4n) is 3.11. The predicted molar refractivity (Wildman–Crippen MR) is 80.9 cm³/mol. The summed E-state index contributed by atoms with van der Waals surface area (Å²) in [6.45, 7) is 1.87. The molecule has 1 fully saturated rings. The van der Waals surface area contributed by atoms with E-state index in [0.717, 1.165) is 29.6 Å². The number of fused-ring (bicyclic) bond motifs is 1. The third-order valence-corrected chi connectivity index (χ3v) is 4.77. The summed E-state index contributed by atoms with van der Waals surface area (Å²) >= 11 is 3.54. The molecule has 5 heteroatoms. The number of halogens is 1. The molecule has 0 spiro atoms. The molecule has 1 aliphatic rings. The van der Waals surface area contributed by atoms with Gasteiger partial charge in [-0.25, -0.2) is 0 Å². The minimum Gasteiger partial charge on any atom is -0.330 e. The van der Waals surface area contributed by atoms with E-state index in [1.54, 1.807) is 0 Å². The third-order valence-electron chi connectivity index (χ3n) is 4.18. The van der Waals surface area contributed by atoms with Gasteiger partial charge in [0.1, 0.15) is 4.60 Å². The maximum Gasteiger partial charge on any atom is 0.135 e. The average molecular weight is 323 g/mol. The van der Waals surface area contributed by atoms with Gasteiger partial charge in [-0.15, -0.1) is 0 Å². The van der Waals surface area contributed by atoms with Gasteiger partial charge in [-0.2, -0.15) is 5.10 Å². The lowest BCUT2D eigenvalue weighted by molar-refractivity contribution is 0.314. The van der Waals surface area contributed by atoms with Gasteiger partial charge in [0.2, 0.25) is 0 Å². The Morgan fingerprint density at radius 2 is 2.21 bits per heavy atom. The van der Waals surface area contributed by atoms with Crippen LogP contribution < -0.4 is 5.73 Å². The van der Waals surface area contributed by atoms with Gasteiger partial charge < -0.3 is 5.73 Å². The molecule has 2 heterocycles. The van der Waals surface area contributed by atoms with Gasteiger partial charge in [-0.1, -0.05) is 6.07 Å². The molecule has 0 amide bonds. The van der Waals surface area contributed by atoms with Crippen molar-refractivity contribution in [3.63, 3.8) is 0 Å². The summed E-state index contributed by atoms with van der Waals surface area (Å²) in [5.41, 5.74) is 8.33. The number of aryl methyl sites for hydroxylation is 1. The zero-order valence-electron chi connectivity index (χ0n) is 11.3. The van der Waals surface area contributed by atoms with E-state index in [1.807, 2.05) is 11.7 Å². The van der Waals surface area contributed by atoms with Crippen LogP contribution in [0, 0.1) is 5.92 Å². The topological polar surface area (TPSA) is 47.1 Å². The fraction of sp³-hybridized carbons (Fsp3) is 0.500. The summed E-state index contributed by atoms with van der Waals surface area (Å²) in [6, 6.07) is 7.11. The van der Waals surface area contributed by atoms with E-state index < -0.39 is 0 Å². The molecule has 102 valence electrons. The summed E-state index contributed by atoms with van der Waals surface area (Å²) in [4.78, 5) is 2.41. The largest absolute Gasteiger partial charge is 0.330 e. The lowest BCUT2D eigenvalue weighted by Gasteiger charge is -2.19. The van der Waals surface area contributed by atoms with Crippen LogP contribution in [0.15, 0.2) is 22.8 Å². The van der Waals surface area contributed by atoms with Crippen molar-refractivity contribution in [2.45, 2.75) is 12.5 Å². The number of nitrogens with zero attached hydrogens (tertiary/aromatic N) is 3. The van der Waals surface area contributed by atoms with E-state index in [9.17, 15) is 0 Å². The first-order chi connectivity index (χ1) is 9.10. The maximum absolute atomic E-state index is 5.81. The summed E-state index contributed by atoms with van der Waals surface area (Å²) in [6.07, 6.45) is 1.15. The molecule has 0 radical (unpaired) electrons. The third kappa shape index (κ3) is 2.20. The highest BCUT2D eigenvalue weighted by atomic mass is 79.9. The van der Waals surface area contributed by atoms with Crippen LogP contribution in [0.4, 0.5) is 0 Å². The highest BCUT2D eigenvalue weighted by molar-refractivity contribution is 9.10. The number of nitrogens with two attached hydrogens (primary N) is 1. The molecule has 2 atom stereocenters. The number of aromatic nitrogens is 2. The minimum atomic E-state index is 0.477. The molecule has 1 saturated heterocycles. The van der Waals surface area contributed by atoms with Gasteiger partial charge in [0, 0.05) is 25.0 Å². The van der Waals surface area contributed by atoms with Crippen molar-refractivity contribution in [1.29, 1.82) is 0 Å². The van der Waals surface area contributed by atoms with Gasteiger partial charge >= 0.3 is 0 Å². The number of benzene rings is 1. The Labute approximate surface area is 121 Å². The van der Waals surface area contributed by atoms with Crippen LogP contribution in [-0.2, 0) is 7.05 Å². The van der Waals surface area contributed by atoms with Crippen LogP contribution in [0.2, 0.25) is 0 Å². The van der Waals surface area contributed by atoms with E-state index in [1.165, 1.54) is 10.9 Å². The predicted octanol–water partition coefficient (Wildman–Crippen LogP) is 2.29. The van der Waals surface area contributed by atoms with E-state index in [2.05, 4.69) is 51.2 Å². The number of hydrogen-bond acceptors (Lipinski definition) is 3. The molecule has 0 saturated carbocycles. The van der Waals surface area contributed by atoms with Crippen molar-refractivity contribution in [2.24, 2.45) is 18.7 Å². The Kier molecular flexibility index (Phi) is 3.37.